The van der Waals surface area contributed by atoms with Crippen molar-refractivity contribution in [3.8, 4) is 0 Å². The van der Waals surface area contributed by atoms with Crippen LogP contribution in [-0.4, -0.2) is 20.6 Å². The van der Waals surface area contributed by atoms with Crippen molar-refractivity contribution in [3.63, 3.8) is 0 Å². The average molecular weight is 232 g/mol. The van der Waals surface area contributed by atoms with E-state index in [9.17, 15) is 0 Å². The van der Waals surface area contributed by atoms with Gasteiger partial charge < -0.3 is 10.3 Å². The Balaban J connectivity index is 2.66. The molecule has 0 bridgehead atoms. The van der Waals surface area contributed by atoms with Gasteiger partial charge in [0.05, 0.1) is 0 Å². The highest BCUT2D eigenvalue weighted by atomic mass is 15.1. The highest BCUT2D eigenvalue weighted by Gasteiger charge is 2.21. The lowest BCUT2D eigenvalue weighted by atomic mass is 10.0. The number of imidazole rings is 1. The summed E-state index contributed by atoms with van der Waals surface area (Å²) in [6.45, 7) is 8.42. The number of pyridine rings is 1. The minimum atomic E-state index is 0.0873. The number of hydrogen-bond acceptors (Lipinski definition) is 3. The van der Waals surface area contributed by atoms with Crippen LogP contribution in [0, 0.1) is 0 Å². The number of nitrogens with zero attached hydrogens (tertiary/aromatic N) is 3. The van der Waals surface area contributed by atoms with Crippen LogP contribution in [0.2, 0.25) is 0 Å². The van der Waals surface area contributed by atoms with Crippen LogP contribution in [0.5, 0.6) is 0 Å². The molecule has 2 unspecified atom stereocenters. The van der Waals surface area contributed by atoms with Gasteiger partial charge in [0.1, 0.15) is 11.3 Å². The molecule has 0 radical (unpaired) electrons. The summed E-state index contributed by atoms with van der Waals surface area (Å²) in [5, 5.41) is 0. The van der Waals surface area contributed by atoms with Gasteiger partial charge in [-0.25, -0.2) is 9.97 Å². The van der Waals surface area contributed by atoms with Crippen LogP contribution in [0.25, 0.3) is 11.2 Å². The second-order valence-electron chi connectivity index (χ2n) is 4.93. The molecule has 92 valence electrons. The normalized spacial score (nSPS) is 15.4. The predicted molar refractivity (Wildman–Crippen MR) is 70.0 cm³/mol. The molecule has 0 aliphatic rings. The SMILES string of the molecule is CC(N)C(C)c1nc2cccnc2n1C(C)C. The maximum Gasteiger partial charge on any atom is 0.160 e. The van der Waals surface area contributed by atoms with E-state index in [1.54, 1.807) is 0 Å². The van der Waals surface area contributed by atoms with Gasteiger partial charge >= 0.3 is 0 Å². The fraction of sp³-hybridized carbons (Fsp3) is 0.538. The Labute approximate surface area is 102 Å². The summed E-state index contributed by atoms with van der Waals surface area (Å²) < 4.78 is 2.18. The molecule has 2 aromatic heterocycles. The zero-order valence-electron chi connectivity index (χ0n) is 10.9. The molecule has 0 fully saturated rings. The van der Waals surface area contributed by atoms with Crippen molar-refractivity contribution in [2.75, 3.05) is 0 Å². The van der Waals surface area contributed by atoms with E-state index in [2.05, 4.69) is 35.3 Å². The van der Waals surface area contributed by atoms with E-state index in [0.29, 0.717) is 6.04 Å². The molecule has 4 nitrogen and oxygen atoms in total. The van der Waals surface area contributed by atoms with Crippen LogP contribution in [-0.2, 0) is 0 Å². The number of hydrogen-bond donors (Lipinski definition) is 1. The summed E-state index contributed by atoms with van der Waals surface area (Å²) in [4.78, 5) is 9.10. The van der Waals surface area contributed by atoms with Crippen LogP contribution in [0.3, 0.4) is 0 Å². The molecule has 0 amide bonds. The molecular formula is C13H20N4. The molecule has 4 heteroatoms. The molecule has 2 aromatic rings. The number of aromatic nitrogens is 3. The zero-order chi connectivity index (χ0) is 12.6. The Morgan fingerprint density at radius 2 is 1.94 bits per heavy atom. The lowest BCUT2D eigenvalue weighted by Gasteiger charge is -2.19. The van der Waals surface area contributed by atoms with Gasteiger partial charge in [-0.15, -0.1) is 0 Å². The fourth-order valence-corrected chi connectivity index (χ4v) is 2.01. The van der Waals surface area contributed by atoms with Crippen LogP contribution in [0.1, 0.15) is 45.5 Å². The molecule has 2 atom stereocenters. The minimum absolute atomic E-state index is 0.0873. The van der Waals surface area contributed by atoms with Crippen molar-refractivity contribution >= 4 is 11.2 Å². The van der Waals surface area contributed by atoms with Crippen LogP contribution >= 0.6 is 0 Å². The van der Waals surface area contributed by atoms with Gasteiger partial charge in [-0.2, -0.15) is 0 Å². The van der Waals surface area contributed by atoms with E-state index >= 15 is 0 Å². The summed E-state index contributed by atoms with van der Waals surface area (Å²) in [5.41, 5.74) is 7.88. The van der Waals surface area contributed by atoms with Gasteiger partial charge in [-0.05, 0) is 32.9 Å². The van der Waals surface area contributed by atoms with Gasteiger partial charge in [0, 0.05) is 24.2 Å². The lowest BCUT2D eigenvalue weighted by molar-refractivity contribution is 0.509. The Kier molecular flexibility index (Phi) is 3.15. The highest BCUT2D eigenvalue weighted by molar-refractivity contribution is 5.71. The Morgan fingerprint density at radius 3 is 2.53 bits per heavy atom. The Morgan fingerprint density at radius 1 is 1.24 bits per heavy atom. The third-order valence-corrected chi connectivity index (χ3v) is 3.19. The monoisotopic (exact) mass is 232 g/mol. The van der Waals surface area contributed by atoms with Crippen molar-refractivity contribution < 1.29 is 0 Å². The maximum atomic E-state index is 5.99. The van der Waals surface area contributed by atoms with Crippen LogP contribution in [0.15, 0.2) is 18.3 Å². The van der Waals surface area contributed by atoms with Crippen LogP contribution < -0.4 is 5.73 Å². The van der Waals surface area contributed by atoms with Crippen molar-refractivity contribution in [1.82, 2.24) is 14.5 Å². The molecule has 17 heavy (non-hydrogen) atoms. The Hall–Kier alpha value is -1.42. The summed E-state index contributed by atoms with van der Waals surface area (Å²) in [7, 11) is 0. The third-order valence-electron chi connectivity index (χ3n) is 3.19. The summed E-state index contributed by atoms with van der Waals surface area (Å²) in [6.07, 6.45) is 1.81. The van der Waals surface area contributed by atoms with Crippen molar-refractivity contribution in [2.24, 2.45) is 5.73 Å². The molecule has 2 rings (SSSR count). The average Bonchev–Trinajstić information content (AvgIpc) is 2.66. The predicted octanol–water partition coefficient (Wildman–Crippen LogP) is 2.46. The van der Waals surface area contributed by atoms with Gasteiger partial charge in [0.2, 0.25) is 0 Å². The van der Waals surface area contributed by atoms with Gasteiger partial charge in [-0.1, -0.05) is 6.92 Å². The standard InChI is InChI=1S/C13H20N4/c1-8(2)17-12(9(3)10(4)14)16-11-6-5-7-15-13(11)17/h5-10H,14H2,1-4H3. The first-order valence-corrected chi connectivity index (χ1v) is 6.10. The van der Waals surface area contributed by atoms with Crippen molar-refractivity contribution in [1.29, 1.82) is 0 Å². The Bertz CT molecular complexity index is 513. The molecule has 0 spiro atoms. The molecule has 2 N–H and O–H groups in total. The van der Waals surface area contributed by atoms with E-state index in [1.165, 1.54) is 0 Å². The topological polar surface area (TPSA) is 56.7 Å². The largest absolute Gasteiger partial charge is 0.327 e. The van der Waals surface area contributed by atoms with Crippen molar-refractivity contribution in [2.45, 2.75) is 45.7 Å². The first-order valence-electron chi connectivity index (χ1n) is 6.10. The van der Waals surface area contributed by atoms with Crippen LogP contribution in [0.4, 0.5) is 0 Å². The number of rotatable bonds is 3. The maximum absolute atomic E-state index is 5.99. The quantitative estimate of drug-likeness (QED) is 0.884. The third kappa shape index (κ3) is 2.05. The number of nitrogens with two attached hydrogens (primary N) is 1. The minimum Gasteiger partial charge on any atom is -0.327 e. The molecule has 0 aliphatic carbocycles. The summed E-state index contributed by atoms with van der Waals surface area (Å²) >= 11 is 0. The van der Waals surface area contributed by atoms with Crippen molar-refractivity contribution in [3.05, 3.63) is 24.2 Å². The zero-order valence-corrected chi connectivity index (χ0v) is 10.9. The molecule has 2 heterocycles. The van der Waals surface area contributed by atoms with Gasteiger partial charge in [0.15, 0.2) is 5.65 Å². The molecule has 0 saturated heterocycles. The lowest BCUT2D eigenvalue weighted by Crippen LogP contribution is -2.25. The molecule has 0 saturated carbocycles. The first kappa shape index (κ1) is 12.0. The smallest absolute Gasteiger partial charge is 0.160 e. The van der Waals surface area contributed by atoms with E-state index in [4.69, 9.17) is 5.73 Å². The van der Waals surface area contributed by atoms with Gasteiger partial charge in [0.25, 0.3) is 0 Å². The van der Waals surface area contributed by atoms with E-state index in [-0.39, 0.29) is 12.0 Å². The summed E-state index contributed by atoms with van der Waals surface area (Å²) in [6, 6.07) is 4.34. The molecule has 0 aliphatic heterocycles. The molecule has 0 aromatic carbocycles. The fourth-order valence-electron chi connectivity index (χ4n) is 2.01. The van der Waals surface area contributed by atoms with E-state index in [1.807, 2.05) is 25.3 Å². The first-order chi connectivity index (χ1) is 8.02. The second-order valence-corrected chi connectivity index (χ2v) is 4.93. The number of fused-ring (bicyclic) bond motifs is 1. The summed E-state index contributed by atoms with van der Waals surface area (Å²) in [5.74, 6) is 1.26. The highest BCUT2D eigenvalue weighted by Crippen LogP contribution is 2.25. The van der Waals surface area contributed by atoms with Gasteiger partial charge in [-0.3, -0.25) is 0 Å². The second kappa shape index (κ2) is 4.45. The van der Waals surface area contributed by atoms with E-state index < -0.39 is 0 Å². The van der Waals surface area contributed by atoms with E-state index in [0.717, 1.165) is 17.0 Å². The molecular weight excluding hydrogens is 212 g/mol.